The van der Waals surface area contributed by atoms with E-state index in [0.29, 0.717) is 17.9 Å². The average molecular weight is 255 g/mol. The molecule has 2 heterocycles. The number of rotatable bonds is 2. The molecule has 0 aliphatic heterocycles. The first kappa shape index (κ1) is 11.5. The largest absolute Gasteiger partial charge is 0.508 e. The van der Waals surface area contributed by atoms with Crippen LogP contribution in [0.4, 0.5) is 0 Å². The Morgan fingerprint density at radius 2 is 2.05 bits per heavy atom. The SMILES string of the molecule is CCn1c(-c2cc(O)ccc2O)nc2cnccc21. The summed E-state index contributed by atoms with van der Waals surface area (Å²) < 4.78 is 1.98. The minimum Gasteiger partial charge on any atom is -0.508 e. The number of pyridine rings is 1. The van der Waals surface area contributed by atoms with Crippen LogP contribution in [0.3, 0.4) is 0 Å². The molecular weight excluding hydrogens is 242 g/mol. The first-order valence-corrected chi connectivity index (χ1v) is 6.03. The molecule has 1 aromatic carbocycles. The monoisotopic (exact) mass is 255 g/mol. The van der Waals surface area contributed by atoms with Crippen molar-refractivity contribution in [3.05, 3.63) is 36.7 Å². The van der Waals surface area contributed by atoms with Gasteiger partial charge in [-0.05, 0) is 31.2 Å². The molecule has 0 aliphatic carbocycles. The molecule has 0 aliphatic rings. The molecule has 96 valence electrons. The Hall–Kier alpha value is -2.56. The number of benzene rings is 1. The highest BCUT2D eigenvalue weighted by molar-refractivity contribution is 5.81. The van der Waals surface area contributed by atoms with Gasteiger partial charge in [0.25, 0.3) is 0 Å². The van der Waals surface area contributed by atoms with Gasteiger partial charge in [0.2, 0.25) is 0 Å². The Morgan fingerprint density at radius 1 is 1.21 bits per heavy atom. The second-order valence-electron chi connectivity index (χ2n) is 4.25. The minimum atomic E-state index is 0.0933. The van der Waals surface area contributed by atoms with Crippen molar-refractivity contribution in [1.29, 1.82) is 0 Å². The average Bonchev–Trinajstić information content (AvgIpc) is 2.79. The third-order valence-corrected chi connectivity index (χ3v) is 3.09. The van der Waals surface area contributed by atoms with E-state index >= 15 is 0 Å². The summed E-state index contributed by atoms with van der Waals surface area (Å²) in [4.78, 5) is 8.53. The Morgan fingerprint density at radius 3 is 2.84 bits per heavy atom. The summed E-state index contributed by atoms with van der Waals surface area (Å²) in [5.41, 5.74) is 2.23. The van der Waals surface area contributed by atoms with Crippen molar-refractivity contribution in [3.8, 4) is 22.9 Å². The van der Waals surface area contributed by atoms with Crippen LogP contribution >= 0.6 is 0 Å². The summed E-state index contributed by atoms with van der Waals surface area (Å²) in [6.07, 6.45) is 3.40. The fourth-order valence-corrected chi connectivity index (χ4v) is 2.21. The molecule has 5 heteroatoms. The van der Waals surface area contributed by atoms with E-state index < -0.39 is 0 Å². The highest BCUT2D eigenvalue weighted by Gasteiger charge is 2.15. The van der Waals surface area contributed by atoms with Crippen LogP contribution in [0.15, 0.2) is 36.7 Å². The van der Waals surface area contributed by atoms with Gasteiger partial charge in [0.15, 0.2) is 0 Å². The smallest absolute Gasteiger partial charge is 0.145 e. The molecule has 0 radical (unpaired) electrons. The van der Waals surface area contributed by atoms with E-state index in [2.05, 4.69) is 9.97 Å². The fourth-order valence-electron chi connectivity index (χ4n) is 2.21. The van der Waals surface area contributed by atoms with Gasteiger partial charge >= 0.3 is 0 Å². The molecule has 2 aromatic heterocycles. The lowest BCUT2D eigenvalue weighted by atomic mass is 10.1. The van der Waals surface area contributed by atoms with E-state index in [1.807, 2.05) is 17.6 Å². The number of phenolic OH excluding ortho intramolecular Hbond substituents is 2. The molecule has 0 unspecified atom stereocenters. The topological polar surface area (TPSA) is 71.2 Å². The van der Waals surface area contributed by atoms with Crippen molar-refractivity contribution < 1.29 is 10.2 Å². The highest BCUT2D eigenvalue weighted by Crippen LogP contribution is 2.33. The maximum absolute atomic E-state index is 9.95. The van der Waals surface area contributed by atoms with Crippen LogP contribution in [0.25, 0.3) is 22.4 Å². The van der Waals surface area contributed by atoms with Gasteiger partial charge in [-0.2, -0.15) is 0 Å². The molecule has 0 saturated carbocycles. The summed E-state index contributed by atoms with van der Waals surface area (Å²) in [6, 6.07) is 6.30. The van der Waals surface area contributed by atoms with Crippen molar-refractivity contribution >= 4 is 11.0 Å². The van der Waals surface area contributed by atoms with Gasteiger partial charge in [0.05, 0.1) is 17.3 Å². The zero-order chi connectivity index (χ0) is 13.4. The summed E-state index contributed by atoms with van der Waals surface area (Å²) in [5.74, 6) is 0.815. The number of hydrogen-bond acceptors (Lipinski definition) is 4. The van der Waals surface area contributed by atoms with Gasteiger partial charge < -0.3 is 14.8 Å². The zero-order valence-corrected chi connectivity index (χ0v) is 10.4. The molecule has 3 rings (SSSR count). The minimum absolute atomic E-state index is 0.0933. The van der Waals surface area contributed by atoms with Gasteiger partial charge in [0.1, 0.15) is 22.8 Å². The molecule has 0 spiro atoms. The number of aromatic hydroxyl groups is 2. The van der Waals surface area contributed by atoms with Crippen LogP contribution in [0.5, 0.6) is 11.5 Å². The predicted molar refractivity (Wildman–Crippen MR) is 72.0 cm³/mol. The summed E-state index contributed by atoms with van der Waals surface area (Å²) in [6.45, 7) is 2.72. The predicted octanol–water partition coefficient (Wildman–Crippen LogP) is 2.53. The van der Waals surface area contributed by atoms with Gasteiger partial charge in [-0.1, -0.05) is 0 Å². The molecular formula is C14H13N3O2. The van der Waals surface area contributed by atoms with Crippen molar-refractivity contribution in [2.24, 2.45) is 0 Å². The number of fused-ring (bicyclic) bond motifs is 1. The maximum atomic E-state index is 9.95. The van der Waals surface area contributed by atoms with Gasteiger partial charge in [-0.25, -0.2) is 4.98 Å². The molecule has 0 saturated heterocycles. The van der Waals surface area contributed by atoms with Crippen LogP contribution in [-0.2, 0) is 6.54 Å². The summed E-state index contributed by atoms with van der Waals surface area (Å²) >= 11 is 0. The zero-order valence-electron chi connectivity index (χ0n) is 10.4. The van der Waals surface area contributed by atoms with Crippen LogP contribution in [0.1, 0.15) is 6.92 Å². The van der Waals surface area contributed by atoms with Crippen LogP contribution in [-0.4, -0.2) is 24.7 Å². The summed E-state index contributed by atoms with van der Waals surface area (Å²) in [5, 5.41) is 19.5. The van der Waals surface area contributed by atoms with E-state index in [0.717, 1.165) is 11.0 Å². The first-order valence-electron chi connectivity index (χ1n) is 6.03. The number of aryl methyl sites for hydroxylation is 1. The molecule has 0 amide bonds. The number of nitrogens with zero attached hydrogens (tertiary/aromatic N) is 3. The Kier molecular flexibility index (Phi) is 2.59. The standard InChI is InChI=1S/C14H13N3O2/c1-2-17-12-5-6-15-8-11(12)16-14(17)10-7-9(18)3-4-13(10)19/h3-8,18-19H,2H2,1H3. The third-order valence-electron chi connectivity index (χ3n) is 3.09. The van der Waals surface area contributed by atoms with Gasteiger partial charge in [0, 0.05) is 12.7 Å². The number of imidazole rings is 1. The van der Waals surface area contributed by atoms with Crippen molar-refractivity contribution in [3.63, 3.8) is 0 Å². The lowest BCUT2D eigenvalue weighted by Gasteiger charge is -2.08. The lowest BCUT2D eigenvalue weighted by Crippen LogP contribution is -1.97. The quantitative estimate of drug-likeness (QED) is 0.690. The van der Waals surface area contributed by atoms with Crippen LogP contribution in [0, 0.1) is 0 Å². The van der Waals surface area contributed by atoms with Gasteiger partial charge in [-0.3, -0.25) is 4.98 Å². The molecule has 19 heavy (non-hydrogen) atoms. The molecule has 2 N–H and O–H groups in total. The number of aromatic nitrogens is 3. The molecule has 5 nitrogen and oxygen atoms in total. The molecule has 0 fully saturated rings. The number of phenols is 2. The van der Waals surface area contributed by atoms with Crippen molar-refractivity contribution in [2.75, 3.05) is 0 Å². The maximum Gasteiger partial charge on any atom is 0.145 e. The van der Waals surface area contributed by atoms with E-state index in [4.69, 9.17) is 0 Å². The second kappa shape index (κ2) is 4.28. The fraction of sp³-hybridized carbons (Fsp3) is 0.143. The van der Waals surface area contributed by atoms with Crippen LogP contribution < -0.4 is 0 Å². The van der Waals surface area contributed by atoms with E-state index in [9.17, 15) is 10.2 Å². The Labute approximate surface area is 109 Å². The van der Waals surface area contributed by atoms with E-state index in [1.54, 1.807) is 12.4 Å². The van der Waals surface area contributed by atoms with E-state index in [1.165, 1.54) is 18.2 Å². The molecule has 0 atom stereocenters. The normalized spacial score (nSPS) is 11.0. The van der Waals surface area contributed by atoms with Crippen molar-refractivity contribution in [2.45, 2.75) is 13.5 Å². The summed E-state index contributed by atoms with van der Waals surface area (Å²) in [7, 11) is 0. The molecule has 3 aromatic rings. The third kappa shape index (κ3) is 1.79. The van der Waals surface area contributed by atoms with Gasteiger partial charge in [-0.15, -0.1) is 0 Å². The first-order chi connectivity index (χ1) is 9.20. The Bertz CT molecular complexity index is 750. The van der Waals surface area contributed by atoms with Crippen LogP contribution in [0.2, 0.25) is 0 Å². The highest BCUT2D eigenvalue weighted by atomic mass is 16.3. The Balaban J connectivity index is 2.33. The number of hydrogen-bond donors (Lipinski definition) is 2. The van der Waals surface area contributed by atoms with Crippen molar-refractivity contribution in [1.82, 2.24) is 14.5 Å². The van der Waals surface area contributed by atoms with E-state index in [-0.39, 0.29) is 11.5 Å². The lowest BCUT2D eigenvalue weighted by molar-refractivity contribution is 0.461. The molecule has 0 bridgehead atoms. The second-order valence-corrected chi connectivity index (χ2v) is 4.25.